The molecule has 2 aliphatic rings. The number of ether oxygens (including phenoxy) is 6. The number of aromatic nitrogens is 2. The standard InChI is InChI=1S/C106H171N2O6/c1-7-13-19-25-31-37-43-49-55-61-76-109-99-83-91(84-100(110-77-62-56-50-44-38-32-26-20-14-8-2)105(99)113-80-65-59-53-47-41-35-29-23-17-11-5)97-87-107-103(95-74-68-72-93(95)97)89-70-67-71-90(82-89)104-96-75-69-73-94(96)98(88-108-104)92-85-101(111-78-63-57-51-45-39-33-27-21-15-9-3)106(114-81-66-60-54-48-42-36-30-24-18-12-6)102(86-92)112-79-64-58-52-46-40-34-28-22-16-10-4/h67,70-71,83-88H,7-66,68-69,72-81H2,1-6H3/q-1. The topological polar surface area (TPSA) is 81.2 Å². The van der Waals surface area contributed by atoms with Crippen LogP contribution in [0.1, 0.15) is 462 Å². The molecule has 0 unspecified atom stereocenters. The molecule has 0 spiro atoms. The van der Waals surface area contributed by atoms with Crippen LogP contribution in [-0.2, 0) is 25.7 Å². The van der Waals surface area contributed by atoms with Gasteiger partial charge in [0.15, 0.2) is 23.0 Å². The van der Waals surface area contributed by atoms with Crippen LogP contribution in [0.15, 0.2) is 54.9 Å². The summed E-state index contributed by atoms with van der Waals surface area (Å²) in [5.41, 5.74) is 14.2. The minimum Gasteiger partial charge on any atom is -0.490 e. The average molecular weight is 1570 g/mol. The molecule has 5 aromatic rings. The second-order valence-electron chi connectivity index (χ2n) is 34.9. The summed E-state index contributed by atoms with van der Waals surface area (Å²) in [7, 11) is 0. The van der Waals surface area contributed by atoms with E-state index in [1.54, 1.807) is 0 Å². The molecule has 0 amide bonds. The van der Waals surface area contributed by atoms with Crippen molar-refractivity contribution in [3.8, 4) is 79.3 Å². The van der Waals surface area contributed by atoms with E-state index in [2.05, 4.69) is 102 Å². The van der Waals surface area contributed by atoms with Gasteiger partial charge in [0.05, 0.1) is 39.6 Å². The summed E-state index contributed by atoms with van der Waals surface area (Å²) in [5.74, 6) is 4.85. The van der Waals surface area contributed by atoms with Crippen molar-refractivity contribution in [1.82, 2.24) is 9.97 Å². The molecule has 2 aromatic heterocycles. The maximum atomic E-state index is 6.98. The summed E-state index contributed by atoms with van der Waals surface area (Å²) in [6.45, 7) is 17.9. The third-order valence-electron chi connectivity index (χ3n) is 24.8. The molecule has 3 aromatic carbocycles. The molecule has 8 nitrogen and oxygen atoms in total. The Labute approximate surface area is 701 Å². The van der Waals surface area contributed by atoms with Crippen molar-refractivity contribution in [1.29, 1.82) is 0 Å². The predicted octanol–water partition coefficient (Wildman–Crippen LogP) is 33.7. The maximum absolute atomic E-state index is 6.98. The second-order valence-corrected chi connectivity index (χ2v) is 34.9. The lowest BCUT2D eigenvalue weighted by atomic mass is 9.92. The van der Waals surface area contributed by atoms with Crippen LogP contribution in [0.5, 0.6) is 34.5 Å². The molecule has 0 saturated heterocycles. The molecule has 0 N–H and O–H groups in total. The fraction of sp³-hybridized carbons (Fsp3) is 0.736. The van der Waals surface area contributed by atoms with Gasteiger partial charge in [0.1, 0.15) is 0 Å². The molecule has 2 aliphatic carbocycles. The van der Waals surface area contributed by atoms with Crippen LogP contribution < -0.4 is 28.4 Å². The van der Waals surface area contributed by atoms with Crippen molar-refractivity contribution in [2.75, 3.05) is 39.6 Å². The maximum Gasteiger partial charge on any atom is 0.203 e. The molecule has 0 atom stereocenters. The van der Waals surface area contributed by atoms with E-state index in [1.165, 1.54) is 380 Å². The lowest BCUT2D eigenvalue weighted by Crippen LogP contribution is -2.07. The minimum absolute atomic E-state index is 0.664. The minimum atomic E-state index is 0.664. The van der Waals surface area contributed by atoms with E-state index in [9.17, 15) is 0 Å². The van der Waals surface area contributed by atoms with Gasteiger partial charge >= 0.3 is 0 Å². The van der Waals surface area contributed by atoms with Gasteiger partial charge in [0.2, 0.25) is 11.5 Å². The van der Waals surface area contributed by atoms with Gasteiger partial charge in [0, 0.05) is 34.9 Å². The van der Waals surface area contributed by atoms with E-state index in [1.807, 2.05) is 0 Å². The summed E-state index contributed by atoms with van der Waals surface area (Å²) in [5, 5.41) is 0. The van der Waals surface area contributed by atoms with Gasteiger partial charge in [-0.25, -0.2) is 0 Å². The smallest absolute Gasteiger partial charge is 0.203 e. The number of hydrogen-bond donors (Lipinski definition) is 0. The number of rotatable bonds is 76. The van der Waals surface area contributed by atoms with E-state index in [4.69, 9.17) is 38.4 Å². The summed E-state index contributed by atoms with van der Waals surface area (Å²) in [4.78, 5) is 11.0. The molecule has 0 aliphatic heterocycles. The van der Waals surface area contributed by atoms with Crippen LogP contribution in [0.2, 0.25) is 0 Å². The lowest BCUT2D eigenvalue weighted by Gasteiger charge is -2.22. The zero-order chi connectivity index (χ0) is 80.0. The zero-order valence-electron chi connectivity index (χ0n) is 75.0. The number of benzene rings is 3. The molecule has 0 bridgehead atoms. The molecule has 642 valence electrons. The second kappa shape index (κ2) is 63.8. The molecule has 2 heterocycles. The number of hydrogen-bond acceptors (Lipinski definition) is 8. The third-order valence-corrected chi connectivity index (χ3v) is 24.8. The number of unbranched alkanes of at least 4 members (excludes halogenated alkanes) is 54. The van der Waals surface area contributed by atoms with Gasteiger partial charge < -0.3 is 28.4 Å². The predicted molar refractivity (Wildman–Crippen MR) is 491 cm³/mol. The van der Waals surface area contributed by atoms with Crippen LogP contribution in [0.4, 0.5) is 0 Å². The SMILES string of the molecule is CCCCCCCCCCCCOc1cc(-c2cnc(-c3[c-]c(-c4ncc(-c5cc(OCCCCCCCCCCCC)c(OCCCCCCCCCCCC)c(OCCCCCCCCCCCC)c5)c5c4CCC5)ccc3)c3c2CCC3)cc(OCCCCCCCCCCCC)c1OCCCCCCCCCCCC. The quantitative estimate of drug-likeness (QED) is 0.0281. The van der Waals surface area contributed by atoms with Crippen molar-refractivity contribution in [3.63, 3.8) is 0 Å². The van der Waals surface area contributed by atoms with E-state index in [-0.39, 0.29) is 0 Å². The molecular weight excluding hydrogens is 1400 g/mol. The first-order valence-corrected chi connectivity index (χ1v) is 49.7. The van der Waals surface area contributed by atoms with E-state index in [0.29, 0.717) is 39.6 Å². The van der Waals surface area contributed by atoms with Gasteiger partial charge in [-0.15, -0.1) is 24.3 Å². The molecule has 114 heavy (non-hydrogen) atoms. The van der Waals surface area contributed by atoms with Crippen LogP contribution >= 0.6 is 0 Å². The van der Waals surface area contributed by atoms with E-state index < -0.39 is 0 Å². The lowest BCUT2D eigenvalue weighted by molar-refractivity contribution is 0.234. The number of fused-ring (bicyclic) bond motifs is 2. The normalized spacial score (nSPS) is 12.5. The highest BCUT2D eigenvalue weighted by molar-refractivity contribution is 5.82. The first-order valence-electron chi connectivity index (χ1n) is 49.7. The average Bonchev–Trinajstić information content (AvgIpc) is 1.53. The fourth-order valence-electron chi connectivity index (χ4n) is 17.7. The Kier molecular flexibility index (Phi) is 53.7. The van der Waals surface area contributed by atoms with Gasteiger partial charge in [-0.3, -0.25) is 9.97 Å². The third kappa shape index (κ3) is 38.2. The molecular formula is C106H171N2O6-. The van der Waals surface area contributed by atoms with Crippen molar-refractivity contribution in [2.45, 2.75) is 465 Å². The van der Waals surface area contributed by atoms with Crippen LogP contribution in [-0.4, -0.2) is 49.6 Å². The number of nitrogens with zero attached hydrogens (tertiary/aromatic N) is 2. The van der Waals surface area contributed by atoms with Crippen molar-refractivity contribution < 1.29 is 28.4 Å². The molecule has 0 fully saturated rings. The van der Waals surface area contributed by atoms with Gasteiger partial charge in [-0.2, -0.15) is 0 Å². The van der Waals surface area contributed by atoms with Crippen LogP contribution in [0.25, 0.3) is 44.8 Å². The summed E-state index contributed by atoms with van der Waals surface area (Å²) in [6.07, 6.45) is 88.1. The zero-order valence-corrected chi connectivity index (χ0v) is 75.0. The highest BCUT2D eigenvalue weighted by Crippen LogP contribution is 2.48. The summed E-state index contributed by atoms with van der Waals surface area (Å²) in [6, 6.07) is 19.8. The molecule has 0 saturated carbocycles. The summed E-state index contributed by atoms with van der Waals surface area (Å²) >= 11 is 0. The van der Waals surface area contributed by atoms with Crippen molar-refractivity contribution in [2.24, 2.45) is 0 Å². The number of pyridine rings is 2. The Morgan fingerprint density at radius 3 is 0.675 bits per heavy atom. The summed E-state index contributed by atoms with van der Waals surface area (Å²) < 4.78 is 41.8. The van der Waals surface area contributed by atoms with E-state index >= 15 is 0 Å². The molecule has 0 radical (unpaired) electrons. The fourth-order valence-corrected chi connectivity index (χ4v) is 17.7. The Bertz CT molecular complexity index is 2910. The van der Waals surface area contributed by atoms with E-state index in [0.717, 1.165) is 145 Å². The first-order chi connectivity index (χ1) is 56.5. The van der Waals surface area contributed by atoms with Crippen LogP contribution in [0, 0.1) is 6.07 Å². The highest BCUT2D eigenvalue weighted by atomic mass is 16.5. The first kappa shape index (κ1) is 95.9. The highest BCUT2D eigenvalue weighted by Gasteiger charge is 2.26. The molecule has 7 rings (SSSR count). The Morgan fingerprint density at radius 2 is 0.447 bits per heavy atom. The van der Waals surface area contributed by atoms with Crippen LogP contribution in [0.3, 0.4) is 0 Å². The molecule has 8 heteroatoms. The Hall–Kier alpha value is -5.24. The van der Waals surface area contributed by atoms with Gasteiger partial charge in [-0.1, -0.05) is 411 Å². The van der Waals surface area contributed by atoms with Gasteiger partial charge in [-0.05, 0) is 124 Å². The largest absolute Gasteiger partial charge is 0.490 e. The monoisotopic (exact) mass is 1570 g/mol. The Morgan fingerprint density at radius 1 is 0.246 bits per heavy atom. The van der Waals surface area contributed by atoms with Gasteiger partial charge in [0.25, 0.3) is 0 Å². The van der Waals surface area contributed by atoms with Crippen molar-refractivity contribution in [3.05, 3.63) is 83.2 Å². The van der Waals surface area contributed by atoms with Crippen molar-refractivity contribution >= 4 is 0 Å². The Balaban J connectivity index is 1.15.